The number of para-hydroxylation sites is 2. The summed E-state index contributed by atoms with van der Waals surface area (Å²) in [5.74, 6) is -0.933. The van der Waals surface area contributed by atoms with Crippen molar-refractivity contribution in [3.63, 3.8) is 0 Å². The average Bonchev–Trinajstić information content (AvgIpc) is 2.52. The van der Waals surface area contributed by atoms with Crippen molar-refractivity contribution < 1.29 is 14.3 Å². The van der Waals surface area contributed by atoms with Crippen LogP contribution in [0, 0.1) is 10.5 Å². The van der Waals surface area contributed by atoms with Gasteiger partial charge in [-0.25, -0.2) is 0 Å². The van der Waals surface area contributed by atoms with E-state index < -0.39 is 11.8 Å². The third-order valence-electron chi connectivity index (χ3n) is 3.08. The molecule has 0 atom stereocenters. The number of anilines is 2. The molecular weight excluding hydrogens is 407 g/mol. The van der Waals surface area contributed by atoms with Crippen LogP contribution in [0.4, 0.5) is 11.4 Å². The fraction of sp³-hybridized carbons (Fsp3) is 0.176. The van der Waals surface area contributed by atoms with Crippen LogP contribution < -0.4 is 15.4 Å². The van der Waals surface area contributed by atoms with Gasteiger partial charge in [-0.05, 0) is 72.3 Å². The summed E-state index contributed by atoms with van der Waals surface area (Å²) in [6.07, 6.45) is 0. The fourth-order valence-corrected chi connectivity index (χ4v) is 2.62. The molecule has 0 saturated carbocycles. The monoisotopic (exact) mass is 424 g/mol. The summed E-state index contributed by atoms with van der Waals surface area (Å²) < 4.78 is 6.48. The van der Waals surface area contributed by atoms with E-state index in [1.54, 1.807) is 30.3 Å². The van der Waals surface area contributed by atoms with Gasteiger partial charge in [0, 0.05) is 9.26 Å². The van der Waals surface area contributed by atoms with Crippen molar-refractivity contribution >= 4 is 45.8 Å². The highest BCUT2D eigenvalue weighted by Crippen LogP contribution is 2.23. The Kier molecular flexibility index (Phi) is 5.97. The summed E-state index contributed by atoms with van der Waals surface area (Å²) in [4.78, 5) is 24.1. The number of carbonyl (C=O) groups is 2. The molecule has 0 aliphatic carbocycles. The van der Waals surface area contributed by atoms with Gasteiger partial charge in [-0.1, -0.05) is 12.1 Å². The highest BCUT2D eigenvalue weighted by molar-refractivity contribution is 14.1. The van der Waals surface area contributed by atoms with Gasteiger partial charge in [0.25, 0.3) is 0 Å². The Morgan fingerprint density at radius 1 is 1.04 bits per heavy atom. The molecule has 0 saturated heterocycles. The Balaban J connectivity index is 2.07. The minimum atomic E-state index is -0.741. The Bertz CT molecular complexity index is 732. The first-order valence-corrected chi connectivity index (χ1v) is 8.19. The lowest BCUT2D eigenvalue weighted by atomic mass is 10.2. The van der Waals surface area contributed by atoms with E-state index >= 15 is 0 Å². The van der Waals surface area contributed by atoms with E-state index in [1.807, 2.05) is 26.0 Å². The lowest BCUT2D eigenvalue weighted by molar-refractivity contribution is -0.133. The third kappa shape index (κ3) is 4.69. The molecule has 0 spiro atoms. The number of carbonyl (C=O) groups excluding carboxylic acids is 2. The second-order valence-electron chi connectivity index (χ2n) is 4.80. The van der Waals surface area contributed by atoms with Crippen molar-refractivity contribution in [2.24, 2.45) is 0 Å². The van der Waals surface area contributed by atoms with E-state index in [0.717, 1.165) is 9.13 Å². The number of aryl methyl sites for hydroxylation is 1. The van der Waals surface area contributed by atoms with Gasteiger partial charge in [-0.15, -0.1) is 0 Å². The predicted molar refractivity (Wildman–Crippen MR) is 98.8 cm³/mol. The Morgan fingerprint density at radius 3 is 2.35 bits per heavy atom. The van der Waals surface area contributed by atoms with Gasteiger partial charge in [0.2, 0.25) is 0 Å². The Hall–Kier alpha value is -2.09. The van der Waals surface area contributed by atoms with Crippen molar-refractivity contribution in [3.8, 4) is 5.75 Å². The number of nitrogens with one attached hydrogen (secondary N) is 2. The maximum absolute atomic E-state index is 12.1. The summed E-state index contributed by atoms with van der Waals surface area (Å²) in [5.41, 5.74) is 1.98. The molecule has 0 bridgehead atoms. The molecule has 2 aromatic rings. The van der Waals surface area contributed by atoms with Gasteiger partial charge < -0.3 is 15.4 Å². The maximum atomic E-state index is 12.1. The van der Waals surface area contributed by atoms with Crippen LogP contribution in [-0.2, 0) is 9.59 Å². The first kappa shape index (κ1) is 17.3. The summed E-state index contributed by atoms with van der Waals surface area (Å²) in [6, 6.07) is 12.6. The van der Waals surface area contributed by atoms with E-state index in [9.17, 15) is 9.59 Å². The van der Waals surface area contributed by atoms with Gasteiger partial charge in [0.1, 0.15) is 5.75 Å². The molecule has 0 heterocycles. The molecule has 0 aliphatic rings. The number of benzene rings is 2. The summed E-state index contributed by atoms with van der Waals surface area (Å²) in [7, 11) is 0. The molecule has 6 heteroatoms. The smallest absolute Gasteiger partial charge is 0.314 e. The lowest BCUT2D eigenvalue weighted by Gasteiger charge is -2.12. The van der Waals surface area contributed by atoms with Crippen LogP contribution >= 0.6 is 22.6 Å². The molecule has 0 radical (unpaired) electrons. The zero-order chi connectivity index (χ0) is 16.8. The molecule has 2 amide bonds. The number of halogens is 1. The maximum Gasteiger partial charge on any atom is 0.314 e. The van der Waals surface area contributed by atoms with Crippen LogP contribution in [0.15, 0.2) is 42.5 Å². The van der Waals surface area contributed by atoms with Crippen LogP contribution in [0.25, 0.3) is 0 Å². The summed E-state index contributed by atoms with van der Waals surface area (Å²) in [6.45, 7) is 4.20. The highest BCUT2D eigenvalue weighted by atomic mass is 127. The van der Waals surface area contributed by atoms with E-state index in [4.69, 9.17) is 4.74 Å². The van der Waals surface area contributed by atoms with Crippen molar-refractivity contribution in [2.45, 2.75) is 13.8 Å². The topological polar surface area (TPSA) is 67.4 Å². The molecule has 5 nitrogen and oxygen atoms in total. The third-order valence-corrected chi connectivity index (χ3v) is 3.75. The zero-order valence-electron chi connectivity index (χ0n) is 12.9. The minimum absolute atomic E-state index is 0.467. The summed E-state index contributed by atoms with van der Waals surface area (Å²) in [5, 5.41) is 5.18. The van der Waals surface area contributed by atoms with E-state index in [0.29, 0.717) is 23.7 Å². The number of hydrogen-bond acceptors (Lipinski definition) is 3. The highest BCUT2D eigenvalue weighted by Gasteiger charge is 2.16. The zero-order valence-corrected chi connectivity index (χ0v) is 15.0. The fourth-order valence-electron chi connectivity index (χ4n) is 1.98. The van der Waals surface area contributed by atoms with Crippen LogP contribution in [0.2, 0.25) is 0 Å². The Morgan fingerprint density at radius 2 is 1.70 bits per heavy atom. The predicted octanol–water partition coefficient (Wildman–Crippen LogP) is 3.58. The first-order chi connectivity index (χ1) is 11.0. The molecule has 0 aliphatic heterocycles. The molecular formula is C17H17IN2O3. The van der Waals surface area contributed by atoms with Gasteiger partial charge in [0.05, 0.1) is 12.3 Å². The van der Waals surface area contributed by atoms with Crippen molar-refractivity contribution in [1.82, 2.24) is 0 Å². The van der Waals surface area contributed by atoms with Crippen LogP contribution in [0.1, 0.15) is 12.5 Å². The molecule has 2 rings (SSSR count). The number of ether oxygens (including phenoxy) is 1. The second-order valence-corrected chi connectivity index (χ2v) is 6.04. The quantitative estimate of drug-likeness (QED) is 0.583. The SMILES string of the molecule is CCOc1ccccc1NC(=O)C(=O)Nc1ccc(I)cc1C. The molecule has 0 aromatic heterocycles. The molecule has 0 unspecified atom stereocenters. The first-order valence-electron chi connectivity index (χ1n) is 7.11. The van der Waals surface area contributed by atoms with Crippen molar-refractivity contribution in [2.75, 3.05) is 17.2 Å². The standard InChI is InChI=1S/C17H17IN2O3/c1-3-23-15-7-5-4-6-14(15)20-17(22)16(21)19-13-9-8-12(18)10-11(13)2/h4-10H,3H2,1-2H3,(H,19,21)(H,20,22). The van der Waals surface area contributed by atoms with Crippen LogP contribution in [-0.4, -0.2) is 18.4 Å². The normalized spacial score (nSPS) is 10.0. The van der Waals surface area contributed by atoms with Gasteiger partial charge >= 0.3 is 11.8 Å². The molecule has 2 aromatic carbocycles. The number of rotatable bonds is 4. The summed E-state index contributed by atoms with van der Waals surface area (Å²) >= 11 is 2.19. The van der Waals surface area contributed by atoms with Gasteiger partial charge in [-0.2, -0.15) is 0 Å². The molecule has 23 heavy (non-hydrogen) atoms. The van der Waals surface area contributed by atoms with Gasteiger partial charge in [0.15, 0.2) is 0 Å². The van der Waals surface area contributed by atoms with E-state index in [1.165, 1.54) is 0 Å². The second kappa shape index (κ2) is 7.96. The van der Waals surface area contributed by atoms with Crippen LogP contribution in [0.3, 0.4) is 0 Å². The molecule has 0 fully saturated rings. The number of hydrogen-bond donors (Lipinski definition) is 2. The molecule has 120 valence electrons. The Labute approximate surface area is 148 Å². The van der Waals surface area contributed by atoms with Gasteiger partial charge in [-0.3, -0.25) is 9.59 Å². The van der Waals surface area contributed by atoms with Crippen molar-refractivity contribution in [1.29, 1.82) is 0 Å². The van der Waals surface area contributed by atoms with E-state index in [-0.39, 0.29) is 0 Å². The lowest BCUT2D eigenvalue weighted by Crippen LogP contribution is -2.29. The average molecular weight is 424 g/mol. The number of amides is 2. The molecule has 2 N–H and O–H groups in total. The van der Waals surface area contributed by atoms with Crippen molar-refractivity contribution in [3.05, 3.63) is 51.6 Å². The largest absolute Gasteiger partial charge is 0.492 e. The van der Waals surface area contributed by atoms with E-state index in [2.05, 4.69) is 33.2 Å². The van der Waals surface area contributed by atoms with Crippen LogP contribution in [0.5, 0.6) is 5.75 Å². The minimum Gasteiger partial charge on any atom is -0.492 e.